The lowest BCUT2D eigenvalue weighted by Gasteiger charge is -2.22. The van der Waals surface area contributed by atoms with E-state index in [0.29, 0.717) is 36.6 Å². The first-order chi connectivity index (χ1) is 11.5. The normalized spacial score (nSPS) is 20.8. The molecule has 2 atom stereocenters. The van der Waals surface area contributed by atoms with E-state index < -0.39 is 0 Å². The van der Waals surface area contributed by atoms with Crippen molar-refractivity contribution in [3.8, 4) is 0 Å². The van der Waals surface area contributed by atoms with Gasteiger partial charge in [-0.05, 0) is 38.2 Å². The average Bonchev–Trinajstić information content (AvgIpc) is 3.16. The van der Waals surface area contributed by atoms with Crippen LogP contribution in [0.15, 0.2) is 45.7 Å². The molecule has 128 valence electrons. The van der Waals surface area contributed by atoms with E-state index in [9.17, 15) is 9.59 Å². The summed E-state index contributed by atoms with van der Waals surface area (Å²) >= 11 is 0. The van der Waals surface area contributed by atoms with Crippen molar-refractivity contribution in [2.24, 2.45) is 5.92 Å². The Bertz CT molecular complexity index is 778. The van der Waals surface area contributed by atoms with Crippen molar-refractivity contribution in [3.05, 3.63) is 58.4 Å². The summed E-state index contributed by atoms with van der Waals surface area (Å²) in [5.41, 5.74) is -0.0935. The number of nitrogens with zero attached hydrogens (tertiary/aromatic N) is 3. The number of likely N-dealkylation sites (tertiary alicyclic amines) is 1. The molecule has 0 aromatic carbocycles. The fraction of sp³-hybridized carbons (Fsp3) is 0.444. The Morgan fingerprint density at radius 1 is 1.25 bits per heavy atom. The van der Waals surface area contributed by atoms with Crippen LogP contribution in [0.4, 0.5) is 0 Å². The van der Waals surface area contributed by atoms with Crippen molar-refractivity contribution < 1.29 is 9.21 Å². The van der Waals surface area contributed by atoms with Gasteiger partial charge in [-0.25, -0.2) is 0 Å². The minimum absolute atomic E-state index is 0.0853. The minimum atomic E-state index is -0.0935. The van der Waals surface area contributed by atoms with Gasteiger partial charge < -0.3 is 18.8 Å². The highest BCUT2D eigenvalue weighted by Gasteiger charge is 2.34. The van der Waals surface area contributed by atoms with Gasteiger partial charge in [0.2, 0.25) is 0 Å². The molecule has 1 aliphatic rings. The largest absolute Gasteiger partial charge is 0.454 e. The third kappa shape index (κ3) is 3.28. The summed E-state index contributed by atoms with van der Waals surface area (Å²) in [7, 11) is 4.08. The number of likely N-dealkylation sites (N-methyl/N-ethyl adjacent to an activating group) is 1. The first-order valence-corrected chi connectivity index (χ1v) is 8.15. The fourth-order valence-electron chi connectivity index (χ4n) is 3.28. The summed E-state index contributed by atoms with van der Waals surface area (Å²) in [5.74, 6) is 1.28. The van der Waals surface area contributed by atoms with Gasteiger partial charge in [0.05, 0.1) is 6.54 Å². The van der Waals surface area contributed by atoms with Crippen LogP contribution in [-0.4, -0.2) is 53.5 Å². The number of carbonyl (C=O) groups excluding carboxylic acids is 1. The predicted octanol–water partition coefficient (Wildman–Crippen LogP) is 1.51. The van der Waals surface area contributed by atoms with Crippen LogP contribution in [0.2, 0.25) is 0 Å². The Morgan fingerprint density at radius 3 is 2.71 bits per heavy atom. The molecule has 0 radical (unpaired) electrons. The number of aromatic nitrogens is 1. The van der Waals surface area contributed by atoms with E-state index in [1.807, 2.05) is 19.0 Å². The van der Waals surface area contributed by atoms with Crippen LogP contribution in [0.5, 0.6) is 0 Å². The van der Waals surface area contributed by atoms with Gasteiger partial charge in [-0.2, -0.15) is 0 Å². The molecule has 0 spiro atoms. The summed E-state index contributed by atoms with van der Waals surface area (Å²) in [4.78, 5) is 28.4. The first-order valence-electron chi connectivity index (χ1n) is 8.15. The van der Waals surface area contributed by atoms with Crippen LogP contribution in [0.1, 0.15) is 23.2 Å². The number of hydrogen-bond acceptors (Lipinski definition) is 4. The number of rotatable bonds is 4. The van der Waals surface area contributed by atoms with E-state index in [-0.39, 0.29) is 11.5 Å². The number of furan rings is 1. The second-order valence-corrected chi connectivity index (χ2v) is 6.65. The number of amides is 1. The zero-order valence-electron chi connectivity index (χ0n) is 14.3. The minimum Gasteiger partial charge on any atom is -0.454 e. The Balaban J connectivity index is 1.71. The van der Waals surface area contributed by atoms with Crippen molar-refractivity contribution in [3.63, 3.8) is 0 Å². The van der Waals surface area contributed by atoms with Gasteiger partial charge in [-0.3, -0.25) is 9.59 Å². The van der Waals surface area contributed by atoms with E-state index >= 15 is 0 Å². The quantitative estimate of drug-likeness (QED) is 0.853. The molecule has 1 saturated heterocycles. The topological polar surface area (TPSA) is 58.7 Å². The van der Waals surface area contributed by atoms with Crippen LogP contribution in [0, 0.1) is 5.92 Å². The molecule has 3 heterocycles. The molecule has 6 nitrogen and oxygen atoms in total. The lowest BCUT2D eigenvalue weighted by Crippen LogP contribution is -2.35. The van der Waals surface area contributed by atoms with Crippen LogP contribution in [0.25, 0.3) is 0 Å². The molecule has 1 fully saturated rings. The third-order valence-corrected chi connectivity index (χ3v) is 4.62. The summed E-state index contributed by atoms with van der Waals surface area (Å²) in [6.07, 6.45) is 1.70. The van der Waals surface area contributed by atoms with Crippen LogP contribution in [-0.2, 0) is 6.54 Å². The SMILES string of the molecule is C[C@@H]1CN(C(=O)c2ccc(Cn3ccccc3=O)o2)C[C@@H]1N(C)C. The molecule has 0 unspecified atom stereocenters. The molecule has 3 rings (SSSR count). The van der Waals surface area contributed by atoms with Gasteiger partial charge in [0, 0.05) is 31.4 Å². The molecule has 1 aliphatic heterocycles. The molecular formula is C18H23N3O3. The Morgan fingerprint density at radius 2 is 2.04 bits per heavy atom. The lowest BCUT2D eigenvalue weighted by atomic mass is 10.1. The zero-order chi connectivity index (χ0) is 17.3. The number of hydrogen-bond donors (Lipinski definition) is 0. The van der Waals surface area contributed by atoms with Gasteiger partial charge >= 0.3 is 0 Å². The van der Waals surface area contributed by atoms with Gasteiger partial charge in [0.25, 0.3) is 11.5 Å². The Hall–Kier alpha value is -2.34. The Kier molecular flexibility index (Phi) is 4.57. The smallest absolute Gasteiger partial charge is 0.289 e. The van der Waals surface area contributed by atoms with E-state index in [1.54, 1.807) is 35.0 Å². The summed E-state index contributed by atoms with van der Waals surface area (Å²) in [6.45, 7) is 3.92. The summed E-state index contributed by atoms with van der Waals surface area (Å²) < 4.78 is 7.23. The number of pyridine rings is 1. The standard InChI is InChI=1S/C18H23N3O3/c1-13-10-21(12-15(13)19(2)3)18(23)16-8-7-14(24-16)11-20-9-5-4-6-17(20)22/h4-9,13,15H,10-12H2,1-3H3/t13-,15+/m1/s1. The second kappa shape index (κ2) is 6.65. The molecular weight excluding hydrogens is 306 g/mol. The van der Waals surface area contributed by atoms with E-state index in [2.05, 4.69) is 11.8 Å². The molecule has 6 heteroatoms. The maximum Gasteiger partial charge on any atom is 0.289 e. The highest BCUT2D eigenvalue weighted by atomic mass is 16.4. The van der Waals surface area contributed by atoms with Crippen molar-refractivity contribution in [2.45, 2.75) is 19.5 Å². The van der Waals surface area contributed by atoms with E-state index in [0.717, 1.165) is 6.54 Å². The van der Waals surface area contributed by atoms with E-state index in [4.69, 9.17) is 4.42 Å². The van der Waals surface area contributed by atoms with Gasteiger partial charge in [0.15, 0.2) is 5.76 Å². The predicted molar refractivity (Wildman–Crippen MR) is 91.1 cm³/mol. The lowest BCUT2D eigenvalue weighted by molar-refractivity contribution is 0.0747. The summed E-state index contributed by atoms with van der Waals surface area (Å²) in [5, 5.41) is 0. The molecule has 0 bridgehead atoms. The highest BCUT2D eigenvalue weighted by molar-refractivity contribution is 5.91. The molecule has 2 aromatic rings. The fourth-order valence-corrected chi connectivity index (χ4v) is 3.28. The van der Waals surface area contributed by atoms with Gasteiger partial charge in [0.1, 0.15) is 5.76 Å². The van der Waals surface area contributed by atoms with E-state index in [1.165, 1.54) is 6.07 Å². The molecule has 1 amide bonds. The molecule has 0 aliphatic carbocycles. The summed E-state index contributed by atoms with van der Waals surface area (Å²) in [6, 6.07) is 8.82. The van der Waals surface area contributed by atoms with Crippen molar-refractivity contribution in [1.82, 2.24) is 14.4 Å². The molecule has 2 aromatic heterocycles. The molecule has 24 heavy (non-hydrogen) atoms. The zero-order valence-corrected chi connectivity index (χ0v) is 14.3. The maximum absolute atomic E-state index is 12.6. The van der Waals surface area contributed by atoms with Crippen LogP contribution >= 0.6 is 0 Å². The Labute approximate surface area is 141 Å². The average molecular weight is 329 g/mol. The number of carbonyl (C=O) groups is 1. The highest BCUT2D eigenvalue weighted by Crippen LogP contribution is 2.22. The van der Waals surface area contributed by atoms with Crippen LogP contribution in [0.3, 0.4) is 0 Å². The second-order valence-electron chi connectivity index (χ2n) is 6.65. The maximum atomic E-state index is 12.6. The van der Waals surface area contributed by atoms with Gasteiger partial charge in [-0.1, -0.05) is 13.0 Å². The monoisotopic (exact) mass is 329 g/mol. The molecule has 0 saturated carbocycles. The van der Waals surface area contributed by atoms with Crippen molar-refractivity contribution in [2.75, 3.05) is 27.2 Å². The molecule has 0 N–H and O–H groups in total. The first kappa shape index (κ1) is 16.5. The van der Waals surface area contributed by atoms with Crippen molar-refractivity contribution in [1.29, 1.82) is 0 Å². The van der Waals surface area contributed by atoms with Gasteiger partial charge in [-0.15, -0.1) is 0 Å². The van der Waals surface area contributed by atoms with Crippen LogP contribution < -0.4 is 5.56 Å². The third-order valence-electron chi connectivity index (χ3n) is 4.62. The van der Waals surface area contributed by atoms with Crippen molar-refractivity contribution >= 4 is 5.91 Å².